The van der Waals surface area contributed by atoms with E-state index < -0.39 is 91.5 Å². The molecule has 16 nitrogen and oxygen atoms in total. The quantitative estimate of drug-likeness (QED) is 0.0146. The van der Waals surface area contributed by atoms with Crippen LogP contribution in [0.3, 0.4) is 0 Å². The largest absolute Gasteiger partial charge is 0.472 e. The van der Waals surface area contributed by atoms with Crippen LogP contribution in [0.2, 0.25) is 0 Å². The Balaban J connectivity index is 4.56. The Bertz CT molecular complexity index is 2890. The number of hydrogen-bond donors (Lipinski definition) is 4. The van der Waals surface area contributed by atoms with E-state index in [1.807, 2.05) is 0 Å². The number of rotatable bonds is 88. The number of unbranched alkanes of at least 4 members (excludes halogenated alkanes) is 35. The van der Waals surface area contributed by atoms with Crippen LogP contribution in [-0.2, 0) is 55.8 Å². The molecule has 0 aliphatic rings. The summed E-state index contributed by atoms with van der Waals surface area (Å²) in [4.78, 5) is 59.0. The molecule has 0 saturated carbocycles. The van der Waals surface area contributed by atoms with E-state index in [0.717, 1.165) is 161 Å². The average Bonchev–Trinajstić information content (AvgIpc) is 0.941. The first-order valence-electron chi connectivity index (χ1n) is 47.1. The van der Waals surface area contributed by atoms with Crippen LogP contribution in [0.25, 0.3) is 0 Å². The molecule has 680 valence electrons. The van der Waals surface area contributed by atoms with E-state index in [2.05, 4.69) is 203 Å². The Hall–Kier alpha value is -5.35. The lowest BCUT2D eigenvalue weighted by molar-refractivity contribution is -0.161. The van der Waals surface area contributed by atoms with Gasteiger partial charge in [0.2, 0.25) is 0 Å². The first kappa shape index (κ1) is 114. The zero-order chi connectivity index (χ0) is 86.5. The van der Waals surface area contributed by atoms with Gasteiger partial charge in [-0.25, -0.2) is 9.13 Å². The molecule has 0 heterocycles. The molecular formula is C101H170O16P2. The zero-order valence-electron chi connectivity index (χ0n) is 75.0. The minimum absolute atomic E-state index is 0.0615. The number of esters is 3. The molecule has 0 amide bonds. The molecule has 0 rings (SSSR count). The van der Waals surface area contributed by atoms with Gasteiger partial charge in [0.1, 0.15) is 25.4 Å². The van der Waals surface area contributed by atoms with Crippen molar-refractivity contribution < 1.29 is 75.8 Å². The van der Waals surface area contributed by atoms with Gasteiger partial charge < -0.3 is 34.2 Å². The third-order valence-electron chi connectivity index (χ3n) is 19.6. The van der Waals surface area contributed by atoms with Crippen molar-refractivity contribution in [3.63, 3.8) is 0 Å². The van der Waals surface area contributed by atoms with Gasteiger partial charge in [-0.05, 0) is 161 Å². The van der Waals surface area contributed by atoms with Crippen molar-refractivity contribution in [3.8, 4) is 0 Å². The molecule has 0 aliphatic carbocycles. The van der Waals surface area contributed by atoms with Gasteiger partial charge in [0.25, 0.3) is 0 Å². The molecule has 0 aromatic rings. The van der Waals surface area contributed by atoms with Gasteiger partial charge in [-0.15, -0.1) is 0 Å². The summed E-state index contributed by atoms with van der Waals surface area (Å²) < 4.78 is 61.5. The third-order valence-corrected chi connectivity index (χ3v) is 21.5. The summed E-state index contributed by atoms with van der Waals surface area (Å²) in [5.74, 6) is -1.61. The van der Waals surface area contributed by atoms with Crippen molar-refractivity contribution in [2.75, 3.05) is 39.6 Å². The lowest BCUT2D eigenvalue weighted by Crippen LogP contribution is -2.30. The zero-order valence-corrected chi connectivity index (χ0v) is 76.8. The van der Waals surface area contributed by atoms with Gasteiger partial charge in [-0.2, -0.15) is 0 Å². The number of phosphoric ester groups is 2. The fourth-order valence-electron chi connectivity index (χ4n) is 12.5. The van der Waals surface area contributed by atoms with E-state index in [0.29, 0.717) is 19.3 Å². The highest BCUT2D eigenvalue weighted by molar-refractivity contribution is 7.47. The summed E-state index contributed by atoms with van der Waals surface area (Å²) in [5, 5.41) is 20.7. The number of ether oxygens (including phenoxy) is 3. The maximum Gasteiger partial charge on any atom is 0.472 e. The Morgan fingerprint density at radius 3 is 0.714 bits per heavy atom. The van der Waals surface area contributed by atoms with Crippen molar-refractivity contribution in [3.05, 3.63) is 182 Å². The van der Waals surface area contributed by atoms with Crippen LogP contribution >= 0.6 is 15.6 Å². The van der Waals surface area contributed by atoms with Gasteiger partial charge in [0, 0.05) is 19.3 Å². The first-order chi connectivity index (χ1) is 58.2. The lowest BCUT2D eigenvalue weighted by atomic mass is 10.0. The predicted octanol–water partition coefficient (Wildman–Crippen LogP) is 29.2. The predicted molar refractivity (Wildman–Crippen MR) is 500 cm³/mol. The van der Waals surface area contributed by atoms with Crippen LogP contribution < -0.4 is 0 Å². The van der Waals surface area contributed by atoms with Crippen LogP contribution in [0.4, 0.5) is 0 Å². The number of aliphatic hydroxyl groups excluding tert-OH is 2. The van der Waals surface area contributed by atoms with Crippen molar-refractivity contribution in [2.24, 2.45) is 0 Å². The van der Waals surface area contributed by atoms with Gasteiger partial charge in [0.05, 0.1) is 26.4 Å². The van der Waals surface area contributed by atoms with Crippen LogP contribution in [-0.4, -0.2) is 95.9 Å². The van der Waals surface area contributed by atoms with Crippen LogP contribution in [0.15, 0.2) is 182 Å². The van der Waals surface area contributed by atoms with Crippen molar-refractivity contribution in [1.29, 1.82) is 0 Å². The summed E-state index contributed by atoms with van der Waals surface area (Å²) in [6, 6.07) is 0. The Labute approximate surface area is 725 Å². The molecule has 0 spiro atoms. The van der Waals surface area contributed by atoms with Gasteiger partial charge >= 0.3 is 33.6 Å². The van der Waals surface area contributed by atoms with Crippen molar-refractivity contribution in [1.82, 2.24) is 0 Å². The Morgan fingerprint density at radius 2 is 0.445 bits per heavy atom. The van der Waals surface area contributed by atoms with E-state index in [-0.39, 0.29) is 19.3 Å². The normalized spacial score (nSPS) is 14.6. The van der Waals surface area contributed by atoms with Gasteiger partial charge in [-0.3, -0.25) is 32.5 Å². The highest BCUT2D eigenvalue weighted by atomic mass is 31.2. The van der Waals surface area contributed by atoms with Crippen molar-refractivity contribution >= 4 is 33.6 Å². The summed E-state index contributed by atoms with van der Waals surface area (Å²) >= 11 is 0. The summed E-state index contributed by atoms with van der Waals surface area (Å²) in [7, 11) is -9.83. The molecule has 0 aromatic carbocycles. The monoisotopic (exact) mass is 1700 g/mol. The minimum atomic E-state index is -4.95. The standard InChI is InChI=1S/C101H170O16P2/c1-4-7-10-13-16-19-22-25-28-31-34-36-38-40-42-44-46-47-49-51-52-54-56-58-61-63-66-69-72-75-78-81-84-87-99(104)111-90-96(102)91-113-118(107,108)114-92-97(103)93-115-119(109,110)116-95-98(117-101(106)89-86-83-80-77-74-71-68-65-60-33-30-27-24-21-18-15-12-9-6-3)94-112-100(105)88-85-82-79-76-73-70-67-64-62-59-57-55-53-50-48-45-43-41-39-37-35-32-29-26-23-20-17-14-11-8-5-2/h7,9-10,12,16-21,25-30,34-37,40-43,46-47,60,65,71,74,96-98,102-103H,4-6,8,11,13-15,22-24,31-33,38-39,44-45,48-59,61-64,66-70,72-73,75-95H2,1-3H3,(H,107,108)(H,109,110)/b10-7-,12-9-,19-16-,20-17-,21-18-,28-25-,29-26-,30-27-,36-34-,37-35-,42-40-,43-41-,47-46-,65-60-,74-71-. The van der Waals surface area contributed by atoms with Crippen molar-refractivity contribution in [2.45, 2.75) is 399 Å². The van der Waals surface area contributed by atoms with E-state index in [1.54, 1.807) is 0 Å². The molecule has 0 bridgehead atoms. The fraction of sp³-hybridized carbons (Fsp3) is 0.673. The fourth-order valence-corrected chi connectivity index (χ4v) is 14.1. The molecule has 0 aromatic heterocycles. The number of carbonyl (C=O) groups is 3. The maximum atomic E-state index is 13.0. The van der Waals surface area contributed by atoms with Crippen LogP contribution in [0, 0.1) is 0 Å². The SMILES string of the molecule is CC/C=C\C/C=C\C/C=C\C/C=C\C/C=C\C/C=C\CCCCCCCCCCCCCCCCC(=O)OCC(O)COP(=O)(O)OCC(O)COP(=O)(O)OCC(COC(=O)CCCCCCCCCCCCCCCCC/C=C\C/C=C\C/C=C\C/C=C\CCCCC)OC(=O)CCCCC/C=C\C/C=C\C/C=C\C/C=C\C/C=C\CC. The highest BCUT2D eigenvalue weighted by Gasteiger charge is 2.29. The molecule has 18 heteroatoms. The maximum absolute atomic E-state index is 13.0. The molecule has 119 heavy (non-hydrogen) atoms. The highest BCUT2D eigenvalue weighted by Crippen LogP contribution is 2.45. The second-order valence-electron chi connectivity index (χ2n) is 31.0. The number of allylic oxidation sites excluding steroid dienone is 30. The molecule has 0 radical (unpaired) electrons. The minimum Gasteiger partial charge on any atom is -0.463 e. The molecule has 0 aliphatic heterocycles. The number of hydrogen-bond acceptors (Lipinski definition) is 14. The van der Waals surface area contributed by atoms with Crippen LogP contribution in [0.1, 0.15) is 380 Å². The molecule has 0 fully saturated rings. The third kappa shape index (κ3) is 93.2. The second-order valence-corrected chi connectivity index (χ2v) is 34.0. The number of phosphoric acid groups is 2. The topological polar surface area (TPSA) is 231 Å². The second kappa shape index (κ2) is 91.8. The lowest BCUT2D eigenvalue weighted by Gasteiger charge is -2.21. The Kier molecular flexibility index (Phi) is 87.7. The van der Waals surface area contributed by atoms with E-state index >= 15 is 0 Å². The average molecular weight is 1700 g/mol. The molecule has 5 atom stereocenters. The van der Waals surface area contributed by atoms with Gasteiger partial charge in [-0.1, -0.05) is 383 Å². The number of aliphatic hydroxyl groups is 2. The molecule has 4 N–H and O–H groups in total. The summed E-state index contributed by atoms with van der Waals surface area (Å²) in [6.07, 6.45) is 121. The summed E-state index contributed by atoms with van der Waals surface area (Å²) in [5.41, 5.74) is 0. The van der Waals surface area contributed by atoms with E-state index in [4.69, 9.17) is 32.3 Å². The first-order valence-corrected chi connectivity index (χ1v) is 50.1. The van der Waals surface area contributed by atoms with E-state index in [1.165, 1.54) is 161 Å². The Morgan fingerprint density at radius 1 is 0.244 bits per heavy atom. The molecular weight excluding hydrogens is 1530 g/mol. The molecule has 0 saturated heterocycles. The van der Waals surface area contributed by atoms with Crippen LogP contribution in [0.5, 0.6) is 0 Å². The molecule has 5 unspecified atom stereocenters. The summed E-state index contributed by atoms with van der Waals surface area (Å²) in [6.45, 7) is 2.42. The number of carbonyl (C=O) groups excluding carboxylic acids is 3. The van der Waals surface area contributed by atoms with E-state index in [9.17, 15) is 43.5 Å². The smallest absolute Gasteiger partial charge is 0.463 e. The van der Waals surface area contributed by atoms with Gasteiger partial charge in [0.15, 0.2) is 6.10 Å².